The van der Waals surface area contributed by atoms with Crippen molar-refractivity contribution in [2.45, 2.75) is 13.5 Å². The maximum atomic E-state index is 12.4. The number of nitrogens with zero attached hydrogens (tertiary/aromatic N) is 3. The predicted octanol–water partition coefficient (Wildman–Crippen LogP) is 1.57. The molecule has 23 heavy (non-hydrogen) atoms. The SMILES string of the molecule is Cc1ccc(C(=O)N2CCN(C(=O)c3csc(CN)n3)CC2)s1. The van der Waals surface area contributed by atoms with Gasteiger partial charge in [-0.05, 0) is 19.1 Å². The first-order chi connectivity index (χ1) is 11.1. The van der Waals surface area contributed by atoms with E-state index in [1.807, 2.05) is 19.1 Å². The fourth-order valence-corrected chi connectivity index (χ4v) is 3.97. The van der Waals surface area contributed by atoms with Crippen LogP contribution in [0.15, 0.2) is 17.5 Å². The second kappa shape index (κ2) is 6.77. The standard InChI is InChI=1S/C15H18N4O2S2/c1-10-2-3-12(23-10)15(21)19-6-4-18(5-7-19)14(20)11-9-22-13(8-16)17-11/h2-3,9H,4-8,16H2,1H3. The Morgan fingerprint density at radius 3 is 2.35 bits per heavy atom. The Bertz CT molecular complexity index is 717. The van der Waals surface area contributed by atoms with Gasteiger partial charge in [-0.25, -0.2) is 4.98 Å². The van der Waals surface area contributed by atoms with Crippen molar-refractivity contribution in [1.82, 2.24) is 14.8 Å². The maximum absolute atomic E-state index is 12.4. The highest BCUT2D eigenvalue weighted by molar-refractivity contribution is 7.13. The normalized spacial score (nSPS) is 15.0. The molecular weight excluding hydrogens is 332 g/mol. The Balaban J connectivity index is 1.59. The number of aromatic nitrogens is 1. The van der Waals surface area contributed by atoms with Crippen LogP contribution in [0.3, 0.4) is 0 Å². The van der Waals surface area contributed by atoms with Gasteiger partial charge in [-0.15, -0.1) is 22.7 Å². The van der Waals surface area contributed by atoms with E-state index in [1.54, 1.807) is 15.2 Å². The summed E-state index contributed by atoms with van der Waals surface area (Å²) in [5, 5.41) is 2.51. The summed E-state index contributed by atoms with van der Waals surface area (Å²) in [6, 6.07) is 3.82. The average molecular weight is 350 g/mol. The Kier molecular flexibility index (Phi) is 4.74. The lowest BCUT2D eigenvalue weighted by atomic mass is 10.2. The van der Waals surface area contributed by atoms with Gasteiger partial charge >= 0.3 is 0 Å². The molecule has 2 N–H and O–H groups in total. The van der Waals surface area contributed by atoms with Crippen LogP contribution in [0.2, 0.25) is 0 Å². The smallest absolute Gasteiger partial charge is 0.273 e. The van der Waals surface area contributed by atoms with Gasteiger partial charge in [0.15, 0.2) is 0 Å². The molecule has 2 aromatic heterocycles. The lowest BCUT2D eigenvalue weighted by Gasteiger charge is -2.34. The van der Waals surface area contributed by atoms with Gasteiger partial charge in [0, 0.05) is 43.0 Å². The molecule has 0 aliphatic carbocycles. The summed E-state index contributed by atoms with van der Waals surface area (Å²) >= 11 is 2.91. The second-order valence-electron chi connectivity index (χ2n) is 5.33. The molecule has 0 aromatic carbocycles. The summed E-state index contributed by atoms with van der Waals surface area (Å²) in [6.45, 7) is 4.50. The van der Waals surface area contributed by atoms with E-state index in [9.17, 15) is 9.59 Å². The third kappa shape index (κ3) is 3.44. The molecule has 0 spiro atoms. The number of hydrogen-bond donors (Lipinski definition) is 1. The minimum Gasteiger partial charge on any atom is -0.334 e. The molecule has 2 amide bonds. The number of nitrogens with two attached hydrogens (primary N) is 1. The van der Waals surface area contributed by atoms with Crippen LogP contribution in [0.5, 0.6) is 0 Å². The van der Waals surface area contributed by atoms with E-state index >= 15 is 0 Å². The molecule has 0 bridgehead atoms. The highest BCUT2D eigenvalue weighted by Gasteiger charge is 2.27. The minimum atomic E-state index is -0.0833. The Hall–Kier alpha value is -1.77. The monoisotopic (exact) mass is 350 g/mol. The fraction of sp³-hybridized carbons (Fsp3) is 0.400. The Morgan fingerprint density at radius 2 is 1.83 bits per heavy atom. The Labute approximate surface area is 142 Å². The van der Waals surface area contributed by atoms with Crippen LogP contribution >= 0.6 is 22.7 Å². The van der Waals surface area contributed by atoms with Crippen LogP contribution in [0.4, 0.5) is 0 Å². The fourth-order valence-electron chi connectivity index (χ4n) is 2.48. The summed E-state index contributed by atoms with van der Waals surface area (Å²) < 4.78 is 0. The first-order valence-electron chi connectivity index (χ1n) is 7.38. The quantitative estimate of drug-likeness (QED) is 0.911. The molecule has 2 aromatic rings. The molecule has 6 nitrogen and oxygen atoms in total. The van der Waals surface area contributed by atoms with E-state index in [2.05, 4.69) is 4.98 Å². The summed E-state index contributed by atoms with van der Waals surface area (Å²) in [4.78, 5) is 34.5. The first-order valence-corrected chi connectivity index (χ1v) is 9.07. The third-order valence-electron chi connectivity index (χ3n) is 3.75. The molecule has 1 fully saturated rings. The van der Waals surface area contributed by atoms with Crippen LogP contribution in [0.1, 0.15) is 30.0 Å². The van der Waals surface area contributed by atoms with E-state index < -0.39 is 0 Å². The zero-order valence-corrected chi connectivity index (χ0v) is 14.5. The topological polar surface area (TPSA) is 79.5 Å². The van der Waals surface area contributed by atoms with E-state index in [0.29, 0.717) is 38.4 Å². The Morgan fingerprint density at radius 1 is 1.17 bits per heavy atom. The zero-order chi connectivity index (χ0) is 16.4. The molecule has 3 heterocycles. The number of aryl methyl sites for hydroxylation is 1. The number of piperazine rings is 1. The number of rotatable bonds is 3. The predicted molar refractivity (Wildman–Crippen MR) is 90.9 cm³/mol. The van der Waals surface area contributed by atoms with Crippen molar-refractivity contribution in [2.24, 2.45) is 5.73 Å². The summed E-state index contributed by atoms with van der Waals surface area (Å²) in [6.07, 6.45) is 0. The lowest BCUT2D eigenvalue weighted by molar-refractivity contribution is 0.0535. The van der Waals surface area contributed by atoms with E-state index in [-0.39, 0.29) is 11.8 Å². The van der Waals surface area contributed by atoms with Gasteiger partial charge in [-0.2, -0.15) is 0 Å². The number of thiazole rings is 1. The zero-order valence-electron chi connectivity index (χ0n) is 12.8. The summed E-state index contributed by atoms with van der Waals surface area (Å²) in [7, 11) is 0. The van der Waals surface area contributed by atoms with E-state index in [0.717, 1.165) is 14.8 Å². The molecule has 3 rings (SSSR count). The molecule has 0 radical (unpaired) electrons. The van der Waals surface area contributed by atoms with Crippen molar-refractivity contribution >= 4 is 34.5 Å². The number of carbonyl (C=O) groups is 2. The molecule has 1 aliphatic rings. The van der Waals surface area contributed by atoms with Gasteiger partial charge in [0.1, 0.15) is 10.7 Å². The summed E-state index contributed by atoms with van der Waals surface area (Å²) in [5.41, 5.74) is 5.98. The maximum Gasteiger partial charge on any atom is 0.273 e. The van der Waals surface area contributed by atoms with Crippen LogP contribution in [0.25, 0.3) is 0 Å². The van der Waals surface area contributed by atoms with Crippen LogP contribution in [-0.4, -0.2) is 52.8 Å². The number of carbonyl (C=O) groups excluding carboxylic acids is 2. The molecule has 1 saturated heterocycles. The van der Waals surface area contributed by atoms with Crippen molar-refractivity contribution in [3.8, 4) is 0 Å². The summed E-state index contributed by atoms with van der Waals surface area (Å²) in [5.74, 6) is -0.0331. The van der Waals surface area contributed by atoms with Gasteiger partial charge in [0.25, 0.3) is 11.8 Å². The molecule has 0 atom stereocenters. The van der Waals surface area contributed by atoms with Crippen molar-refractivity contribution in [3.63, 3.8) is 0 Å². The van der Waals surface area contributed by atoms with Crippen LogP contribution < -0.4 is 5.73 Å². The average Bonchev–Trinajstić information content (AvgIpc) is 3.22. The van der Waals surface area contributed by atoms with E-state index in [1.165, 1.54) is 22.7 Å². The van der Waals surface area contributed by atoms with Crippen molar-refractivity contribution in [3.05, 3.63) is 38.0 Å². The van der Waals surface area contributed by atoms with Gasteiger partial charge in [-0.1, -0.05) is 0 Å². The second-order valence-corrected chi connectivity index (χ2v) is 7.56. The minimum absolute atomic E-state index is 0.0503. The molecule has 0 saturated carbocycles. The highest BCUT2D eigenvalue weighted by atomic mass is 32.1. The van der Waals surface area contributed by atoms with Crippen molar-refractivity contribution in [2.75, 3.05) is 26.2 Å². The van der Waals surface area contributed by atoms with Crippen LogP contribution in [0, 0.1) is 6.92 Å². The largest absolute Gasteiger partial charge is 0.334 e. The molecule has 0 unspecified atom stereocenters. The lowest BCUT2D eigenvalue weighted by Crippen LogP contribution is -2.50. The van der Waals surface area contributed by atoms with Gasteiger partial charge in [0.05, 0.1) is 4.88 Å². The number of thiophene rings is 1. The van der Waals surface area contributed by atoms with Gasteiger partial charge in [0.2, 0.25) is 0 Å². The van der Waals surface area contributed by atoms with Crippen LogP contribution in [-0.2, 0) is 6.54 Å². The number of hydrogen-bond acceptors (Lipinski definition) is 6. The van der Waals surface area contributed by atoms with Gasteiger partial charge in [-0.3, -0.25) is 9.59 Å². The van der Waals surface area contributed by atoms with Gasteiger partial charge < -0.3 is 15.5 Å². The molecule has 122 valence electrons. The number of amides is 2. The third-order valence-corrected chi connectivity index (χ3v) is 5.61. The molecular formula is C15H18N4O2S2. The first kappa shape index (κ1) is 16.1. The van der Waals surface area contributed by atoms with Crippen molar-refractivity contribution < 1.29 is 9.59 Å². The molecule has 8 heteroatoms. The van der Waals surface area contributed by atoms with E-state index in [4.69, 9.17) is 5.73 Å². The highest BCUT2D eigenvalue weighted by Crippen LogP contribution is 2.19. The van der Waals surface area contributed by atoms with Crippen molar-refractivity contribution in [1.29, 1.82) is 0 Å². The molecule has 1 aliphatic heterocycles.